The van der Waals surface area contributed by atoms with Crippen molar-refractivity contribution in [2.75, 3.05) is 39.1 Å². The van der Waals surface area contributed by atoms with E-state index in [1.54, 1.807) is 36.4 Å². The summed E-state index contributed by atoms with van der Waals surface area (Å²) in [5.41, 5.74) is 0.911. The van der Waals surface area contributed by atoms with Gasteiger partial charge in [0.1, 0.15) is 11.5 Å². The third kappa shape index (κ3) is 5.44. The molecule has 186 valence electrons. The van der Waals surface area contributed by atoms with Crippen LogP contribution >= 0.6 is 0 Å². The lowest BCUT2D eigenvalue weighted by atomic mass is 10.1. The van der Waals surface area contributed by atoms with Crippen LogP contribution in [-0.2, 0) is 9.47 Å². The van der Waals surface area contributed by atoms with Gasteiger partial charge in [0.25, 0.3) is 11.8 Å². The average molecular weight is 492 g/mol. The number of carbonyl (C=O) groups excluding carboxylic acids is 4. The van der Waals surface area contributed by atoms with Gasteiger partial charge in [-0.25, -0.2) is 9.59 Å². The van der Waals surface area contributed by atoms with E-state index in [0.29, 0.717) is 0 Å². The highest BCUT2D eigenvalue weighted by atomic mass is 16.5. The first-order chi connectivity index (χ1) is 17.3. The Kier molecular flexibility index (Phi) is 8.24. The number of amides is 2. The number of methoxy groups -OCH3 is 4. The lowest BCUT2D eigenvalue weighted by molar-refractivity contribution is 0.0592. The molecule has 0 saturated carbocycles. The average Bonchev–Trinajstić information content (AvgIpc) is 2.91. The number of hydrogen-bond donors (Lipinski definition) is 2. The van der Waals surface area contributed by atoms with Gasteiger partial charge in [0.05, 0.1) is 62.1 Å². The zero-order valence-corrected chi connectivity index (χ0v) is 20.0. The Morgan fingerprint density at radius 1 is 0.556 bits per heavy atom. The van der Waals surface area contributed by atoms with Gasteiger partial charge >= 0.3 is 11.9 Å². The molecule has 0 unspecified atom stereocenters. The minimum Gasteiger partial charge on any atom is -0.496 e. The van der Waals surface area contributed by atoms with Crippen LogP contribution in [0.4, 0.5) is 11.4 Å². The second-order valence-electron chi connectivity index (χ2n) is 7.24. The minimum atomic E-state index is -0.616. The molecule has 0 bridgehead atoms. The van der Waals surface area contributed by atoms with Crippen LogP contribution in [-0.4, -0.2) is 52.2 Å². The molecule has 36 heavy (non-hydrogen) atoms. The predicted molar refractivity (Wildman–Crippen MR) is 131 cm³/mol. The SMILES string of the molecule is COC(=O)c1ccccc1NC(=O)c1cc(OC)c(C(=O)Nc2ccccc2C(=O)OC)cc1OC. The van der Waals surface area contributed by atoms with Crippen LogP contribution in [0.2, 0.25) is 0 Å². The van der Waals surface area contributed by atoms with Crippen molar-refractivity contribution in [1.29, 1.82) is 0 Å². The molecule has 0 aromatic heterocycles. The summed E-state index contributed by atoms with van der Waals surface area (Å²) in [4.78, 5) is 50.3. The molecule has 0 saturated heterocycles. The molecular weight excluding hydrogens is 468 g/mol. The van der Waals surface area contributed by atoms with Gasteiger partial charge in [-0.2, -0.15) is 0 Å². The molecule has 0 atom stereocenters. The zero-order valence-electron chi connectivity index (χ0n) is 20.0. The van der Waals surface area contributed by atoms with Crippen molar-refractivity contribution >= 4 is 35.1 Å². The Hall–Kier alpha value is -4.86. The van der Waals surface area contributed by atoms with Crippen molar-refractivity contribution in [3.05, 3.63) is 82.9 Å². The van der Waals surface area contributed by atoms with Crippen LogP contribution in [0, 0.1) is 0 Å². The van der Waals surface area contributed by atoms with Crippen LogP contribution in [0.15, 0.2) is 60.7 Å². The van der Waals surface area contributed by atoms with Crippen molar-refractivity contribution in [3.8, 4) is 11.5 Å². The summed E-state index contributed by atoms with van der Waals surface area (Å²) < 4.78 is 20.2. The van der Waals surface area contributed by atoms with E-state index in [1.807, 2.05) is 0 Å². The summed E-state index contributed by atoms with van der Waals surface area (Å²) in [5.74, 6) is -2.29. The lowest BCUT2D eigenvalue weighted by Crippen LogP contribution is -2.19. The van der Waals surface area contributed by atoms with Crippen LogP contribution in [0.25, 0.3) is 0 Å². The van der Waals surface area contributed by atoms with Gasteiger partial charge in [-0.1, -0.05) is 24.3 Å². The van der Waals surface area contributed by atoms with E-state index >= 15 is 0 Å². The second kappa shape index (κ2) is 11.5. The highest BCUT2D eigenvalue weighted by Crippen LogP contribution is 2.31. The molecule has 0 fully saturated rings. The van der Waals surface area contributed by atoms with Gasteiger partial charge in [0.15, 0.2) is 0 Å². The number of ether oxygens (including phenoxy) is 4. The number of hydrogen-bond acceptors (Lipinski definition) is 8. The third-order valence-corrected chi connectivity index (χ3v) is 5.17. The van der Waals surface area contributed by atoms with Gasteiger partial charge in [-0.15, -0.1) is 0 Å². The maximum Gasteiger partial charge on any atom is 0.339 e. The number of para-hydroxylation sites is 2. The van der Waals surface area contributed by atoms with E-state index < -0.39 is 23.8 Å². The van der Waals surface area contributed by atoms with Gasteiger partial charge in [-0.3, -0.25) is 9.59 Å². The Balaban J connectivity index is 1.95. The second-order valence-corrected chi connectivity index (χ2v) is 7.24. The number of benzene rings is 3. The van der Waals surface area contributed by atoms with Crippen LogP contribution in [0.5, 0.6) is 11.5 Å². The highest BCUT2D eigenvalue weighted by molar-refractivity contribution is 6.13. The van der Waals surface area contributed by atoms with Crippen LogP contribution in [0.1, 0.15) is 41.4 Å². The van der Waals surface area contributed by atoms with E-state index in [9.17, 15) is 19.2 Å². The standard InChI is InChI=1S/C26H24N2O8/c1-33-21-13-18(24(30)28-20-12-8-6-10-16(20)26(32)36-4)22(34-2)14-17(21)23(29)27-19-11-7-5-9-15(19)25(31)35-3/h5-14H,1-4H3,(H,27,29)(H,28,30). The zero-order chi connectivity index (χ0) is 26.2. The summed E-state index contributed by atoms with van der Waals surface area (Å²) in [6, 6.07) is 15.4. The fourth-order valence-corrected chi connectivity index (χ4v) is 3.39. The molecule has 10 nitrogen and oxygen atoms in total. The number of anilines is 2. The van der Waals surface area contributed by atoms with E-state index in [1.165, 1.54) is 52.7 Å². The molecule has 0 aliphatic heterocycles. The quantitative estimate of drug-likeness (QED) is 0.455. The van der Waals surface area contributed by atoms with E-state index in [4.69, 9.17) is 18.9 Å². The minimum absolute atomic E-state index is 0.0560. The molecule has 0 radical (unpaired) electrons. The van der Waals surface area contributed by atoms with Crippen molar-refractivity contribution in [3.63, 3.8) is 0 Å². The highest BCUT2D eigenvalue weighted by Gasteiger charge is 2.23. The molecule has 0 aliphatic rings. The first-order valence-electron chi connectivity index (χ1n) is 10.6. The van der Waals surface area contributed by atoms with Crippen molar-refractivity contribution in [1.82, 2.24) is 0 Å². The fourth-order valence-electron chi connectivity index (χ4n) is 3.39. The van der Waals surface area contributed by atoms with Gasteiger partial charge in [0.2, 0.25) is 0 Å². The summed E-state index contributed by atoms with van der Waals surface area (Å²) in [6.45, 7) is 0. The molecule has 2 amide bonds. The summed E-state index contributed by atoms with van der Waals surface area (Å²) in [7, 11) is 5.16. The van der Waals surface area contributed by atoms with Gasteiger partial charge in [0, 0.05) is 0 Å². The lowest BCUT2D eigenvalue weighted by Gasteiger charge is -2.16. The van der Waals surface area contributed by atoms with E-state index in [-0.39, 0.29) is 45.1 Å². The largest absolute Gasteiger partial charge is 0.496 e. The van der Waals surface area contributed by atoms with Crippen LogP contribution in [0.3, 0.4) is 0 Å². The molecular formula is C26H24N2O8. The number of carbonyl (C=O) groups is 4. The van der Waals surface area contributed by atoms with E-state index in [2.05, 4.69) is 10.6 Å². The Morgan fingerprint density at radius 3 is 1.25 bits per heavy atom. The topological polar surface area (TPSA) is 129 Å². The molecule has 0 aliphatic carbocycles. The first kappa shape index (κ1) is 25.8. The molecule has 0 spiro atoms. The fraction of sp³-hybridized carbons (Fsp3) is 0.154. The van der Waals surface area contributed by atoms with Gasteiger partial charge < -0.3 is 29.6 Å². The Morgan fingerprint density at radius 2 is 0.917 bits per heavy atom. The van der Waals surface area contributed by atoms with Crippen molar-refractivity contribution < 1.29 is 38.1 Å². The van der Waals surface area contributed by atoms with E-state index in [0.717, 1.165) is 0 Å². The third-order valence-electron chi connectivity index (χ3n) is 5.17. The Labute approximate surface area is 207 Å². The monoisotopic (exact) mass is 492 g/mol. The maximum atomic E-state index is 13.1. The first-order valence-corrected chi connectivity index (χ1v) is 10.6. The smallest absolute Gasteiger partial charge is 0.339 e. The van der Waals surface area contributed by atoms with Crippen molar-refractivity contribution in [2.45, 2.75) is 0 Å². The van der Waals surface area contributed by atoms with Gasteiger partial charge in [-0.05, 0) is 36.4 Å². The molecule has 0 heterocycles. The molecule has 3 aromatic carbocycles. The summed E-state index contributed by atoms with van der Waals surface area (Å²) in [6.07, 6.45) is 0. The molecule has 2 N–H and O–H groups in total. The molecule has 3 aromatic rings. The molecule has 3 rings (SSSR count). The molecule has 10 heteroatoms. The summed E-state index contributed by atoms with van der Waals surface area (Å²) in [5, 5.41) is 5.31. The number of nitrogens with one attached hydrogen (secondary N) is 2. The van der Waals surface area contributed by atoms with Crippen molar-refractivity contribution in [2.24, 2.45) is 0 Å². The summed E-state index contributed by atoms with van der Waals surface area (Å²) >= 11 is 0. The number of rotatable bonds is 8. The number of esters is 2. The van der Waals surface area contributed by atoms with Crippen LogP contribution < -0.4 is 20.1 Å². The predicted octanol–water partition coefficient (Wildman–Crippen LogP) is 3.78. The Bertz CT molecular complexity index is 1220. The maximum absolute atomic E-state index is 13.1. The normalized spacial score (nSPS) is 10.1.